The van der Waals surface area contributed by atoms with Gasteiger partial charge in [0.05, 0.1) is 11.6 Å². The van der Waals surface area contributed by atoms with Crippen LogP contribution in [0.2, 0.25) is 0 Å². The van der Waals surface area contributed by atoms with Crippen LogP contribution in [0.25, 0.3) is 5.76 Å². The molecule has 1 aliphatic heterocycles. The van der Waals surface area contributed by atoms with Gasteiger partial charge < -0.3 is 20.0 Å². The summed E-state index contributed by atoms with van der Waals surface area (Å²) in [5.74, 6) is -1.55. The molecule has 0 aliphatic carbocycles. The molecule has 0 bridgehead atoms. The zero-order chi connectivity index (χ0) is 20.3. The maximum atomic E-state index is 12.8. The van der Waals surface area contributed by atoms with Gasteiger partial charge in [0.25, 0.3) is 11.7 Å². The molecule has 1 atom stereocenters. The summed E-state index contributed by atoms with van der Waals surface area (Å²) in [6.07, 6.45) is 0.352. The van der Waals surface area contributed by atoms with E-state index in [1.165, 1.54) is 4.90 Å². The van der Waals surface area contributed by atoms with E-state index in [1.807, 2.05) is 49.3 Å². The van der Waals surface area contributed by atoms with Crippen molar-refractivity contribution in [2.75, 3.05) is 32.1 Å². The van der Waals surface area contributed by atoms with Gasteiger partial charge in [0.1, 0.15) is 5.76 Å². The largest absolute Gasteiger partial charge is 0.507 e. The molecule has 0 radical (unpaired) electrons. The third kappa shape index (κ3) is 3.64. The van der Waals surface area contributed by atoms with Crippen LogP contribution in [0.1, 0.15) is 23.6 Å². The van der Waals surface area contributed by atoms with E-state index in [1.54, 1.807) is 24.3 Å². The molecule has 2 aromatic carbocycles. The van der Waals surface area contributed by atoms with Gasteiger partial charge in [0.15, 0.2) is 0 Å². The Morgan fingerprint density at radius 2 is 1.68 bits per heavy atom. The van der Waals surface area contributed by atoms with E-state index in [0.29, 0.717) is 12.0 Å². The van der Waals surface area contributed by atoms with Crippen molar-refractivity contribution in [3.63, 3.8) is 0 Å². The first kappa shape index (κ1) is 19.6. The van der Waals surface area contributed by atoms with Crippen LogP contribution in [0.15, 0.2) is 60.2 Å². The first-order valence-corrected chi connectivity index (χ1v) is 9.17. The number of carbonyl (C=O) groups is 2. The van der Waals surface area contributed by atoms with Crippen LogP contribution >= 0.6 is 0 Å². The second-order valence-corrected chi connectivity index (χ2v) is 6.92. The minimum atomic E-state index is -0.707. The number of benzene rings is 2. The van der Waals surface area contributed by atoms with Crippen molar-refractivity contribution in [1.29, 1.82) is 0 Å². The Balaban J connectivity index is 2.12. The summed E-state index contributed by atoms with van der Waals surface area (Å²) < 4.78 is 0. The standard InChI is InChI=1S/C22H24N2O4/c1-23(2)17-11-9-15(10-12-17)19-18(20(26)16-7-4-3-5-8-16)21(27)22(28)24(19)13-6-14-25/h3-5,7-12,19,25-26H,6,13-14H2,1-2H3. The molecule has 1 unspecified atom stereocenters. The third-order valence-electron chi connectivity index (χ3n) is 4.87. The number of nitrogens with zero attached hydrogens (tertiary/aromatic N) is 2. The SMILES string of the molecule is CN(C)c1ccc(C2C(=C(O)c3ccccc3)C(=O)C(=O)N2CCCO)cc1. The van der Waals surface area contributed by atoms with Crippen molar-refractivity contribution in [1.82, 2.24) is 4.90 Å². The van der Waals surface area contributed by atoms with E-state index >= 15 is 0 Å². The van der Waals surface area contributed by atoms with Gasteiger partial charge >= 0.3 is 0 Å². The van der Waals surface area contributed by atoms with Crippen molar-refractivity contribution in [2.24, 2.45) is 0 Å². The molecule has 0 spiro atoms. The Labute approximate surface area is 164 Å². The molecule has 146 valence electrons. The Morgan fingerprint density at radius 1 is 1.04 bits per heavy atom. The maximum Gasteiger partial charge on any atom is 0.295 e. The quantitative estimate of drug-likeness (QED) is 0.457. The Hall–Kier alpha value is -3.12. The van der Waals surface area contributed by atoms with Crippen LogP contribution in [0.3, 0.4) is 0 Å². The number of aliphatic hydroxyl groups excluding tert-OH is 2. The number of anilines is 1. The van der Waals surface area contributed by atoms with Gasteiger partial charge in [-0.15, -0.1) is 0 Å². The van der Waals surface area contributed by atoms with Gasteiger partial charge in [0, 0.05) is 38.5 Å². The van der Waals surface area contributed by atoms with Gasteiger partial charge in [-0.1, -0.05) is 42.5 Å². The minimum absolute atomic E-state index is 0.0757. The van der Waals surface area contributed by atoms with Crippen molar-refractivity contribution in [3.8, 4) is 0 Å². The highest BCUT2D eigenvalue weighted by Gasteiger charge is 2.45. The van der Waals surface area contributed by atoms with E-state index in [-0.39, 0.29) is 24.5 Å². The van der Waals surface area contributed by atoms with Gasteiger partial charge in [-0.3, -0.25) is 9.59 Å². The monoisotopic (exact) mass is 380 g/mol. The predicted molar refractivity (Wildman–Crippen MR) is 108 cm³/mol. The molecule has 6 heteroatoms. The van der Waals surface area contributed by atoms with Crippen molar-refractivity contribution in [3.05, 3.63) is 71.3 Å². The molecule has 6 nitrogen and oxygen atoms in total. The number of aliphatic hydroxyl groups is 2. The van der Waals surface area contributed by atoms with Crippen LogP contribution in [0, 0.1) is 0 Å². The fourth-order valence-corrected chi connectivity index (χ4v) is 3.40. The molecule has 3 rings (SSSR count). The number of rotatable bonds is 6. The summed E-state index contributed by atoms with van der Waals surface area (Å²) in [7, 11) is 3.86. The molecule has 1 saturated heterocycles. The lowest BCUT2D eigenvalue weighted by molar-refractivity contribution is -0.140. The lowest BCUT2D eigenvalue weighted by Gasteiger charge is -2.25. The van der Waals surface area contributed by atoms with Crippen LogP contribution in [-0.4, -0.2) is 54.1 Å². The third-order valence-corrected chi connectivity index (χ3v) is 4.87. The smallest absolute Gasteiger partial charge is 0.295 e. The fraction of sp³-hybridized carbons (Fsp3) is 0.273. The van der Waals surface area contributed by atoms with Crippen LogP contribution in [0.4, 0.5) is 5.69 Å². The van der Waals surface area contributed by atoms with Gasteiger partial charge in [-0.05, 0) is 24.1 Å². The molecule has 0 aromatic heterocycles. The first-order valence-electron chi connectivity index (χ1n) is 9.17. The van der Waals surface area contributed by atoms with Crippen LogP contribution in [0.5, 0.6) is 0 Å². The number of hydrogen-bond donors (Lipinski definition) is 2. The van der Waals surface area contributed by atoms with E-state index in [4.69, 9.17) is 0 Å². The normalized spacial score (nSPS) is 18.5. The molecule has 2 aromatic rings. The second kappa shape index (κ2) is 8.27. The summed E-state index contributed by atoms with van der Waals surface area (Å²) in [6, 6.07) is 15.6. The highest BCUT2D eigenvalue weighted by molar-refractivity contribution is 6.46. The van der Waals surface area contributed by atoms with E-state index in [0.717, 1.165) is 11.3 Å². The summed E-state index contributed by atoms with van der Waals surface area (Å²) in [5.41, 5.74) is 2.28. The lowest BCUT2D eigenvalue weighted by Crippen LogP contribution is -2.31. The van der Waals surface area contributed by atoms with Gasteiger partial charge in [-0.2, -0.15) is 0 Å². The average molecular weight is 380 g/mol. The average Bonchev–Trinajstić information content (AvgIpc) is 2.97. The maximum absolute atomic E-state index is 12.8. The Morgan fingerprint density at radius 3 is 2.25 bits per heavy atom. The summed E-state index contributed by atoms with van der Waals surface area (Å²) in [5, 5.41) is 20.0. The highest BCUT2D eigenvalue weighted by atomic mass is 16.3. The topological polar surface area (TPSA) is 81.1 Å². The molecular weight excluding hydrogens is 356 g/mol. The molecule has 2 N–H and O–H groups in total. The summed E-state index contributed by atoms with van der Waals surface area (Å²) in [6.45, 7) is 0.140. The van der Waals surface area contributed by atoms with Crippen LogP contribution < -0.4 is 4.90 Å². The predicted octanol–water partition coefficient (Wildman–Crippen LogP) is 2.56. The van der Waals surface area contributed by atoms with Crippen molar-refractivity contribution >= 4 is 23.1 Å². The number of hydrogen-bond acceptors (Lipinski definition) is 5. The zero-order valence-corrected chi connectivity index (χ0v) is 16.0. The molecule has 1 aliphatic rings. The summed E-state index contributed by atoms with van der Waals surface area (Å²) >= 11 is 0. The van der Waals surface area contributed by atoms with E-state index < -0.39 is 17.7 Å². The summed E-state index contributed by atoms with van der Waals surface area (Å²) in [4.78, 5) is 28.8. The van der Waals surface area contributed by atoms with Crippen molar-refractivity contribution in [2.45, 2.75) is 12.5 Å². The van der Waals surface area contributed by atoms with Crippen LogP contribution in [-0.2, 0) is 9.59 Å². The highest BCUT2D eigenvalue weighted by Crippen LogP contribution is 2.39. The fourth-order valence-electron chi connectivity index (χ4n) is 3.40. The number of amides is 1. The Bertz CT molecular complexity index is 889. The number of Topliss-reactive ketones (excluding diaryl/α,β-unsaturated/α-hetero) is 1. The first-order chi connectivity index (χ1) is 13.5. The zero-order valence-electron chi connectivity index (χ0n) is 16.0. The van der Waals surface area contributed by atoms with Crippen molar-refractivity contribution < 1.29 is 19.8 Å². The number of ketones is 1. The van der Waals surface area contributed by atoms with E-state index in [9.17, 15) is 19.8 Å². The molecule has 28 heavy (non-hydrogen) atoms. The van der Waals surface area contributed by atoms with Gasteiger partial charge in [0.2, 0.25) is 0 Å². The van der Waals surface area contributed by atoms with E-state index in [2.05, 4.69) is 0 Å². The molecule has 0 saturated carbocycles. The van der Waals surface area contributed by atoms with Gasteiger partial charge in [-0.25, -0.2) is 0 Å². The molecule has 1 heterocycles. The number of carbonyl (C=O) groups excluding carboxylic acids is 2. The Kier molecular flexibility index (Phi) is 5.80. The minimum Gasteiger partial charge on any atom is -0.507 e. The second-order valence-electron chi connectivity index (χ2n) is 6.92. The molecular formula is C22H24N2O4. The number of likely N-dealkylation sites (tertiary alicyclic amines) is 1. The molecule has 1 amide bonds. The lowest BCUT2D eigenvalue weighted by atomic mass is 9.95. The molecule has 1 fully saturated rings.